The highest BCUT2D eigenvalue weighted by molar-refractivity contribution is 6.57. The lowest BCUT2D eigenvalue weighted by molar-refractivity contribution is -0.122. The zero-order valence-corrected chi connectivity index (χ0v) is 16.6. The Morgan fingerprint density at radius 1 is 1.17 bits per heavy atom. The first kappa shape index (κ1) is 17.9. The van der Waals surface area contributed by atoms with E-state index in [0.717, 1.165) is 53.1 Å². The summed E-state index contributed by atoms with van der Waals surface area (Å²) in [4.78, 5) is 29.4. The Hall–Kier alpha value is -2.96. The van der Waals surface area contributed by atoms with Crippen LogP contribution in [0.5, 0.6) is 11.5 Å². The highest BCUT2D eigenvalue weighted by Gasteiger charge is 2.57. The first-order chi connectivity index (χ1) is 14.6. The van der Waals surface area contributed by atoms with Crippen molar-refractivity contribution in [1.29, 1.82) is 0 Å². The first-order valence-corrected chi connectivity index (χ1v) is 10.5. The fourth-order valence-corrected chi connectivity index (χ4v) is 5.56. The van der Waals surface area contributed by atoms with Crippen LogP contribution in [0, 0.1) is 0 Å². The fraction of sp³-hybridized carbons (Fsp3) is 0.391. The average Bonchev–Trinajstić information content (AvgIpc) is 3.51. The number of nitrogens with zero attached hydrogens (tertiary/aromatic N) is 2. The van der Waals surface area contributed by atoms with Gasteiger partial charge >= 0.3 is 0 Å². The number of hydrogen-bond donors (Lipinski definition) is 0. The standard InChI is InChI=1S/C23H21BN2O4/c24-22(28)25-8-3-4-15(25)12-26-18-6-2-1-5-16(18)23(21(26)27)13-30-20-11-19-14(7-9-29-19)10-17(20)23/h1-2,5-6,10-11,15H,3-4,7-9,12-13H2/t15-,23?/m0/s1. The van der Waals surface area contributed by atoms with Gasteiger partial charge in [-0.15, -0.1) is 0 Å². The molecule has 4 heterocycles. The van der Waals surface area contributed by atoms with Gasteiger partial charge in [0.05, 0.1) is 6.61 Å². The molecule has 4 aliphatic heterocycles. The van der Waals surface area contributed by atoms with E-state index in [9.17, 15) is 9.59 Å². The Labute approximate surface area is 176 Å². The summed E-state index contributed by atoms with van der Waals surface area (Å²) in [5, 5.41) is 0. The third-order valence-corrected chi connectivity index (χ3v) is 7.01. The monoisotopic (exact) mass is 400 g/mol. The number of likely N-dealkylation sites (tertiary alicyclic amines) is 1. The number of carbonyl (C=O) groups excluding carboxylic acids is 2. The number of rotatable bonds is 2. The van der Waals surface area contributed by atoms with Crippen molar-refractivity contribution in [1.82, 2.24) is 4.90 Å². The second kappa shape index (κ2) is 6.27. The third kappa shape index (κ3) is 2.26. The maximum Gasteiger partial charge on any atom is 0.245 e. The number of hydrogen-bond acceptors (Lipinski definition) is 4. The molecule has 2 aromatic rings. The molecule has 30 heavy (non-hydrogen) atoms. The number of benzene rings is 2. The number of ether oxygens (including phenoxy) is 2. The second-order valence-corrected chi connectivity index (χ2v) is 8.51. The maximum absolute atomic E-state index is 14.0. The van der Waals surface area contributed by atoms with Gasteiger partial charge in [0.1, 0.15) is 23.5 Å². The van der Waals surface area contributed by atoms with Crippen LogP contribution in [0.1, 0.15) is 29.5 Å². The summed E-state index contributed by atoms with van der Waals surface area (Å²) in [5.74, 6) is 1.17. The summed E-state index contributed by atoms with van der Waals surface area (Å²) in [6.45, 7) is 2.03. The molecule has 0 N–H and O–H groups in total. The van der Waals surface area contributed by atoms with Crippen LogP contribution >= 0.6 is 0 Å². The maximum atomic E-state index is 14.0. The van der Waals surface area contributed by atoms with E-state index in [1.54, 1.807) is 4.90 Å². The molecule has 1 saturated heterocycles. The topological polar surface area (TPSA) is 59.1 Å². The largest absolute Gasteiger partial charge is 0.493 e. The van der Waals surface area contributed by atoms with Gasteiger partial charge in [-0.1, -0.05) is 18.2 Å². The number of carbonyl (C=O) groups is 2. The predicted octanol–water partition coefficient (Wildman–Crippen LogP) is 2.40. The van der Waals surface area contributed by atoms with Crippen molar-refractivity contribution in [3.8, 4) is 11.5 Å². The Morgan fingerprint density at radius 2 is 2.03 bits per heavy atom. The highest BCUT2D eigenvalue weighted by atomic mass is 16.5. The van der Waals surface area contributed by atoms with Crippen LogP contribution < -0.4 is 14.4 Å². The van der Waals surface area contributed by atoms with E-state index in [4.69, 9.17) is 17.3 Å². The van der Waals surface area contributed by atoms with Crippen LogP contribution in [-0.4, -0.2) is 56.8 Å². The lowest BCUT2D eigenvalue weighted by atomic mass is 9.76. The molecule has 2 radical (unpaired) electrons. The molecule has 0 bridgehead atoms. The minimum absolute atomic E-state index is 0.0117. The van der Waals surface area contributed by atoms with Crippen molar-refractivity contribution >= 4 is 25.2 Å². The first-order valence-electron chi connectivity index (χ1n) is 10.5. The predicted molar refractivity (Wildman–Crippen MR) is 112 cm³/mol. The van der Waals surface area contributed by atoms with Crippen LogP contribution in [-0.2, 0) is 16.6 Å². The molecule has 1 unspecified atom stereocenters. The molecule has 150 valence electrons. The van der Waals surface area contributed by atoms with Gasteiger partial charge in [-0.05, 0) is 36.1 Å². The summed E-state index contributed by atoms with van der Waals surface area (Å²) in [5.41, 5.74) is 3.06. The summed E-state index contributed by atoms with van der Waals surface area (Å²) >= 11 is 0. The number of para-hydroxylation sites is 1. The normalized spacial score (nSPS) is 25.9. The summed E-state index contributed by atoms with van der Waals surface area (Å²) in [6.07, 6.45) is 2.59. The van der Waals surface area contributed by atoms with Crippen LogP contribution in [0.15, 0.2) is 36.4 Å². The Morgan fingerprint density at radius 3 is 2.90 bits per heavy atom. The van der Waals surface area contributed by atoms with E-state index in [-0.39, 0.29) is 18.6 Å². The minimum atomic E-state index is -0.848. The molecule has 1 spiro atoms. The molecule has 2 amide bonds. The molecule has 4 aliphatic rings. The molecule has 0 aliphatic carbocycles. The second-order valence-electron chi connectivity index (χ2n) is 8.51. The molecule has 2 aromatic carbocycles. The summed E-state index contributed by atoms with van der Waals surface area (Å²) in [7, 11) is 5.57. The molecule has 6 rings (SSSR count). The molecule has 1 fully saturated rings. The molecule has 2 atom stereocenters. The number of amides is 2. The zero-order chi connectivity index (χ0) is 20.5. The van der Waals surface area contributed by atoms with E-state index in [2.05, 4.69) is 6.07 Å². The van der Waals surface area contributed by atoms with Gasteiger partial charge in [-0.25, -0.2) is 0 Å². The van der Waals surface area contributed by atoms with Crippen molar-refractivity contribution in [2.75, 3.05) is 31.2 Å². The smallest absolute Gasteiger partial charge is 0.245 e. The zero-order valence-electron chi connectivity index (χ0n) is 16.6. The number of anilines is 1. The molecule has 0 aromatic heterocycles. The van der Waals surface area contributed by atoms with E-state index in [1.165, 1.54) is 0 Å². The quantitative estimate of drug-likeness (QED) is 0.727. The fourth-order valence-electron chi connectivity index (χ4n) is 5.56. The molecule has 6 nitrogen and oxygen atoms in total. The third-order valence-electron chi connectivity index (χ3n) is 7.01. The van der Waals surface area contributed by atoms with Crippen LogP contribution in [0.25, 0.3) is 0 Å². The van der Waals surface area contributed by atoms with E-state index >= 15 is 0 Å². The van der Waals surface area contributed by atoms with Crippen molar-refractivity contribution in [2.24, 2.45) is 0 Å². The van der Waals surface area contributed by atoms with Crippen LogP contribution in [0.3, 0.4) is 0 Å². The average molecular weight is 400 g/mol. The summed E-state index contributed by atoms with van der Waals surface area (Å²) in [6, 6.07) is 11.9. The van der Waals surface area contributed by atoms with Gasteiger partial charge < -0.3 is 19.3 Å². The van der Waals surface area contributed by atoms with Crippen molar-refractivity contribution in [2.45, 2.75) is 30.7 Å². The van der Waals surface area contributed by atoms with Gasteiger partial charge in [0.25, 0.3) is 0 Å². The van der Waals surface area contributed by atoms with Gasteiger partial charge in [0, 0.05) is 42.9 Å². The van der Waals surface area contributed by atoms with Crippen LogP contribution in [0.2, 0.25) is 0 Å². The van der Waals surface area contributed by atoms with E-state index in [0.29, 0.717) is 19.7 Å². The SMILES string of the molecule is [B]C(=O)N1CCC[C@H]1CN1C(=O)C2(COc3cc4c(cc32)CCO4)c2ccccc21. The molecule has 0 saturated carbocycles. The minimum Gasteiger partial charge on any atom is -0.493 e. The van der Waals surface area contributed by atoms with Gasteiger partial charge in [0.15, 0.2) is 5.81 Å². The van der Waals surface area contributed by atoms with E-state index in [1.807, 2.05) is 35.2 Å². The van der Waals surface area contributed by atoms with Crippen LogP contribution in [0.4, 0.5) is 10.5 Å². The lowest BCUT2D eigenvalue weighted by Crippen LogP contribution is -2.48. The van der Waals surface area contributed by atoms with E-state index < -0.39 is 11.2 Å². The Kier molecular flexibility index (Phi) is 3.73. The number of fused-ring (bicyclic) bond motifs is 5. The van der Waals surface area contributed by atoms with Crippen molar-refractivity contribution < 1.29 is 19.1 Å². The highest BCUT2D eigenvalue weighted by Crippen LogP contribution is 2.54. The molecular weight excluding hydrogens is 379 g/mol. The Bertz CT molecular complexity index is 1090. The Balaban J connectivity index is 1.45. The molecular formula is C23H21BN2O4. The van der Waals surface area contributed by atoms with Crippen molar-refractivity contribution in [3.05, 3.63) is 53.1 Å². The van der Waals surface area contributed by atoms with Gasteiger partial charge in [-0.3, -0.25) is 9.59 Å². The summed E-state index contributed by atoms with van der Waals surface area (Å²) < 4.78 is 11.7. The van der Waals surface area contributed by atoms with Crippen molar-refractivity contribution in [3.63, 3.8) is 0 Å². The van der Waals surface area contributed by atoms with Gasteiger partial charge in [0.2, 0.25) is 13.8 Å². The lowest BCUT2D eigenvalue weighted by Gasteiger charge is -2.30. The van der Waals surface area contributed by atoms with Gasteiger partial charge in [-0.2, -0.15) is 0 Å². The molecule has 7 heteroatoms.